The molecule has 1 aromatic heterocycles. The maximum absolute atomic E-state index is 11.9. The summed E-state index contributed by atoms with van der Waals surface area (Å²) in [5.41, 5.74) is 6.10. The molecule has 0 aromatic carbocycles. The van der Waals surface area contributed by atoms with Crippen LogP contribution in [0.4, 0.5) is 5.69 Å². The number of pyridine rings is 1. The van der Waals surface area contributed by atoms with Crippen LogP contribution in [-0.4, -0.2) is 24.0 Å². The third-order valence-corrected chi connectivity index (χ3v) is 2.47. The van der Waals surface area contributed by atoms with E-state index in [0.717, 1.165) is 0 Å². The number of aromatic nitrogens is 1. The van der Waals surface area contributed by atoms with Gasteiger partial charge in [0.1, 0.15) is 11.4 Å². The summed E-state index contributed by atoms with van der Waals surface area (Å²) in [6, 6.07) is 1.09. The number of nitrogens with zero attached hydrogens (tertiary/aromatic N) is 1. The maximum Gasteiger partial charge on any atom is 0.241 e. The predicted molar refractivity (Wildman–Crippen MR) is 66.8 cm³/mol. The minimum atomic E-state index is -0.590. The van der Waals surface area contributed by atoms with Crippen molar-refractivity contribution in [3.63, 3.8) is 0 Å². The Bertz CT molecular complexity index is 399. The Morgan fingerprint density at radius 3 is 2.71 bits per heavy atom. The third kappa shape index (κ3) is 3.42. The Kier molecular flexibility index (Phi) is 4.07. The van der Waals surface area contributed by atoms with Gasteiger partial charge in [-0.15, -0.1) is 0 Å². The summed E-state index contributed by atoms with van der Waals surface area (Å²) in [6.07, 6.45) is 3.13. The number of nitrogens with two attached hydrogens (primary N) is 1. The first kappa shape index (κ1) is 13.4. The van der Waals surface area contributed by atoms with Gasteiger partial charge in [0.15, 0.2) is 0 Å². The van der Waals surface area contributed by atoms with Crippen LogP contribution >= 0.6 is 0 Å². The summed E-state index contributed by atoms with van der Waals surface area (Å²) in [5.74, 6) is 0.318. The SMILES string of the molecule is COc1ccncc1NC(=O)[C@@H](N)C(C)(C)C. The number of carbonyl (C=O) groups is 1. The van der Waals surface area contributed by atoms with Crippen LogP contribution in [0.25, 0.3) is 0 Å². The van der Waals surface area contributed by atoms with Crippen LogP contribution in [0.3, 0.4) is 0 Å². The van der Waals surface area contributed by atoms with Gasteiger partial charge < -0.3 is 15.8 Å². The zero-order valence-corrected chi connectivity index (χ0v) is 10.7. The van der Waals surface area contributed by atoms with Crippen molar-refractivity contribution >= 4 is 11.6 Å². The molecule has 0 unspecified atom stereocenters. The van der Waals surface area contributed by atoms with Crippen LogP contribution < -0.4 is 15.8 Å². The predicted octanol–water partition coefficient (Wildman–Crippen LogP) is 1.40. The van der Waals surface area contributed by atoms with Crippen molar-refractivity contribution < 1.29 is 9.53 Å². The van der Waals surface area contributed by atoms with E-state index in [9.17, 15) is 4.79 Å². The van der Waals surface area contributed by atoms with Gasteiger partial charge in [-0.3, -0.25) is 9.78 Å². The topological polar surface area (TPSA) is 77.2 Å². The summed E-state index contributed by atoms with van der Waals surface area (Å²) in [6.45, 7) is 5.74. The lowest BCUT2D eigenvalue weighted by Gasteiger charge is -2.26. The van der Waals surface area contributed by atoms with E-state index in [0.29, 0.717) is 11.4 Å². The molecule has 94 valence electrons. The minimum Gasteiger partial charge on any atom is -0.494 e. The molecule has 0 aliphatic heterocycles. The standard InChI is InChI=1S/C12H19N3O2/c1-12(2,3)10(13)11(16)15-8-7-14-6-5-9(8)17-4/h5-7,10H,13H2,1-4H3,(H,15,16)/t10-/m1/s1. The molecule has 1 heterocycles. The summed E-state index contributed by atoms with van der Waals surface area (Å²) in [7, 11) is 1.54. The second-order valence-electron chi connectivity index (χ2n) is 4.91. The third-order valence-electron chi connectivity index (χ3n) is 2.47. The van der Waals surface area contributed by atoms with Gasteiger partial charge in [-0.1, -0.05) is 20.8 Å². The molecule has 0 aliphatic carbocycles. The van der Waals surface area contributed by atoms with Gasteiger partial charge in [0.25, 0.3) is 0 Å². The quantitative estimate of drug-likeness (QED) is 0.833. The largest absolute Gasteiger partial charge is 0.494 e. The van der Waals surface area contributed by atoms with Gasteiger partial charge in [0.05, 0.1) is 19.3 Å². The number of hydrogen-bond acceptors (Lipinski definition) is 4. The van der Waals surface area contributed by atoms with E-state index in [1.54, 1.807) is 12.3 Å². The Morgan fingerprint density at radius 1 is 1.53 bits per heavy atom. The van der Waals surface area contributed by atoms with Crippen molar-refractivity contribution in [3.8, 4) is 5.75 Å². The molecule has 17 heavy (non-hydrogen) atoms. The average Bonchev–Trinajstić information content (AvgIpc) is 2.27. The molecule has 0 saturated carbocycles. The lowest BCUT2D eigenvalue weighted by Crippen LogP contribution is -2.45. The van der Waals surface area contributed by atoms with Crippen molar-refractivity contribution in [2.75, 3.05) is 12.4 Å². The molecular weight excluding hydrogens is 218 g/mol. The summed E-state index contributed by atoms with van der Waals surface area (Å²) in [4.78, 5) is 15.8. The summed E-state index contributed by atoms with van der Waals surface area (Å²) >= 11 is 0. The van der Waals surface area contributed by atoms with Gasteiger partial charge in [0.2, 0.25) is 5.91 Å². The van der Waals surface area contributed by atoms with Crippen LogP contribution in [0.2, 0.25) is 0 Å². The fourth-order valence-corrected chi connectivity index (χ4v) is 1.26. The smallest absolute Gasteiger partial charge is 0.241 e. The molecule has 0 spiro atoms. The first-order valence-corrected chi connectivity index (χ1v) is 5.40. The van der Waals surface area contributed by atoms with Crippen LogP contribution in [-0.2, 0) is 4.79 Å². The van der Waals surface area contributed by atoms with E-state index in [1.165, 1.54) is 13.3 Å². The highest BCUT2D eigenvalue weighted by molar-refractivity contribution is 5.96. The number of carbonyl (C=O) groups excluding carboxylic acids is 1. The van der Waals surface area contributed by atoms with Gasteiger partial charge in [-0.2, -0.15) is 0 Å². The molecule has 1 aromatic rings. The number of amides is 1. The Balaban J connectivity index is 2.81. The zero-order chi connectivity index (χ0) is 13.1. The average molecular weight is 237 g/mol. The Morgan fingerprint density at radius 2 is 2.18 bits per heavy atom. The van der Waals surface area contributed by atoms with Crippen molar-refractivity contribution in [3.05, 3.63) is 18.5 Å². The van der Waals surface area contributed by atoms with Crippen LogP contribution in [0.15, 0.2) is 18.5 Å². The van der Waals surface area contributed by atoms with E-state index in [1.807, 2.05) is 20.8 Å². The first-order chi connectivity index (χ1) is 7.86. The molecule has 5 heteroatoms. The Labute approximate surface area is 101 Å². The molecule has 1 rings (SSSR count). The number of rotatable bonds is 3. The maximum atomic E-state index is 11.9. The van der Waals surface area contributed by atoms with E-state index in [2.05, 4.69) is 10.3 Å². The lowest BCUT2D eigenvalue weighted by atomic mass is 9.87. The number of anilines is 1. The van der Waals surface area contributed by atoms with E-state index >= 15 is 0 Å². The van der Waals surface area contributed by atoms with E-state index in [-0.39, 0.29) is 11.3 Å². The minimum absolute atomic E-state index is 0.246. The fourth-order valence-electron chi connectivity index (χ4n) is 1.26. The van der Waals surface area contributed by atoms with Crippen molar-refractivity contribution in [2.45, 2.75) is 26.8 Å². The first-order valence-electron chi connectivity index (χ1n) is 5.40. The number of nitrogens with one attached hydrogen (secondary N) is 1. The summed E-state index contributed by atoms with van der Waals surface area (Å²) < 4.78 is 5.12. The second-order valence-corrected chi connectivity index (χ2v) is 4.91. The molecular formula is C12H19N3O2. The van der Waals surface area contributed by atoms with E-state index in [4.69, 9.17) is 10.5 Å². The molecule has 1 amide bonds. The summed E-state index contributed by atoms with van der Waals surface area (Å²) in [5, 5.41) is 2.72. The van der Waals surface area contributed by atoms with Crippen molar-refractivity contribution in [1.82, 2.24) is 4.98 Å². The zero-order valence-electron chi connectivity index (χ0n) is 10.7. The highest BCUT2D eigenvalue weighted by Gasteiger charge is 2.27. The molecule has 5 nitrogen and oxygen atoms in total. The monoisotopic (exact) mass is 237 g/mol. The number of methoxy groups -OCH3 is 1. The van der Waals surface area contributed by atoms with Crippen LogP contribution in [0.5, 0.6) is 5.75 Å². The van der Waals surface area contributed by atoms with Gasteiger partial charge in [-0.25, -0.2) is 0 Å². The highest BCUT2D eigenvalue weighted by Crippen LogP contribution is 2.24. The fraction of sp³-hybridized carbons (Fsp3) is 0.500. The molecule has 3 N–H and O–H groups in total. The van der Waals surface area contributed by atoms with Gasteiger partial charge in [-0.05, 0) is 5.41 Å². The van der Waals surface area contributed by atoms with Crippen LogP contribution in [0.1, 0.15) is 20.8 Å². The van der Waals surface area contributed by atoms with Crippen molar-refractivity contribution in [2.24, 2.45) is 11.1 Å². The molecule has 1 atom stereocenters. The molecule has 0 aliphatic rings. The number of ether oxygens (including phenoxy) is 1. The molecule has 0 fully saturated rings. The van der Waals surface area contributed by atoms with Gasteiger partial charge in [0, 0.05) is 12.3 Å². The molecule has 0 bridgehead atoms. The second kappa shape index (κ2) is 5.14. The highest BCUT2D eigenvalue weighted by atomic mass is 16.5. The molecule has 0 radical (unpaired) electrons. The van der Waals surface area contributed by atoms with Crippen LogP contribution in [0, 0.1) is 5.41 Å². The lowest BCUT2D eigenvalue weighted by molar-refractivity contribution is -0.119. The number of hydrogen-bond donors (Lipinski definition) is 2. The van der Waals surface area contributed by atoms with Gasteiger partial charge >= 0.3 is 0 Å². The van der Waals surface area contributed by atoms with E-state index < -0.39 is 6.04 Å². The molecule has 0 saturated heterocycles. The normalized spacial score (nSPS) is 13.0. The van der Waals surface area contributed by atoms with Crippen molar-refractivity contribution in [1.29, 1.82) is 0 Å². The Hall–Kier alpha value is -1.62.